The van der Waals surface area contributed by atoms with Gasteiger partial charge in [0.2, 0.25) is 0 Å². The molecule has 0 radical (unpaired) electrons. The summed E-state index contributed by atoms with van der Waals surface area (Å²) in [5, 5.41) is 15.1. The zero-order chi connectivity index (χ0) is 43.7. The molecule has 2 aliphatic rings. The Hall–Kier alpha value is -7.82. The van der Waals surface area contributed by atoms with E-state index in [0.717, 1.165) is 33.1 Å². The van der Waals surface area contributed by atoms with Crippen LogP contribution in [0.5, 0.6) is 0 Å². The Morgan fingerprint density at radius 3 is 1.43 bits per heavy atom. The van der Waals surface area contributed by atoms with Crippen molar-refractivity contribution in [1.82, 2.24) is 0 Å². The Morgan fingerprint density at radius 2 is 0.806 bits per heavy atom. The predicted molar refractivity (Wildman–Crippen MR) is 288 cm³/mol. The van der Waals surface area contributed by atoms with Crippen LogP contribution in [0, 0.1) is 11.8 Å². The number of hydrogen-bond acceptors (Lipinski definition) is 3. The van der Waals surface area contributed by atoms with Gasteiger partial charge in [-0.05, 0) is 107 Å². The molecule has 13 aromatic rings. The van der Waals surface area contributed by atoms with Crippen molar-refractivity contribution in [3.05, 3.63) is 240 Å². The maximum absolute atomic E-state index is 7.23. The Bertz CT molecular complexity index is 4420. The smallest absolute Gasteiger partial charge is 0.142 e. The fourth-order valence-electron chi connectivity index (χ4n) is 12.0. The third-order valence-corrected chi connectivity index (χ3v) is 17.0. The van der Waals surface area contributed by atoms with E-state index in [-0.39, 0.29) is 11.8 Å². The van der Waals surface area contributed by atoms with Gasteiger partial charge in [-0.3, -0.25) is 0 Å². The SMILES string of the molecule is C1=CC2C(c3cccc4c3oc3cc(-c5c6ccccc6c(-c6cccc7sc8ccccc8c67)c6ccccc56)ccc34)=c3ccccc3=C(c3cccc4sc5ccccc5c34)C2C=C1. The van der Waals surface area contributed by atoms with Crippen molar-refractivity contribution in [3.8, 4) is 22.3 Å². The monoisotopic (exact) mass is 886 g/mol. The van der Waals surface area contributed by atoms with Gasteiger partial charge in [0.15, 0.2) is 0 Å². The van der Waals surface area contributed by atoms with Crippen LogP contribution < -0.4 is 10.4 Å². The van der Waals surface area contributed by atoms with Crippen LogP contribution in [0.15, 0.2) is 223 Å². The fourth-order valence-corrected chi connectivity index (χ4v) is 14.3. The highest BCUT2D eigenvalue weighted by Crippen LogP contribution is 2.50. The Balaban J connectivity index is 0.962. The molecule has 0 N–H and O–H groups in total. The van der Waals surface area contributed by atoms with Crippen molar-refractivity contribution in [3.63, 3.8) is 0 Å². The zero-order valence-electron chi connectivity index (χ0n) is 36.2. The first-order valence-electron chi connectivity index (χ1n) is 23.2. The molecule has 0 spiro atoms. The molecule has 67 heavy (non-hydrogen) atoms. The van der Waals surface area contributed by atoms with Gasteiger partial charge in [-0.25, -0.2) is 0 Å². The van der Waals surface area contributed by atoms with Crippen LogP contribution in [0.4, 0.5) is 0 Å². The summed E-state index contributed by atoms with van der Waals surface area (Å²) >= 11 is 3.77. The molecule has 2 atom stereocenters. The summed E-state index contributed by atoms with van der Waals surface area (Å²) in [7, 11) is 0. The second kappa shape index (κ2) is 14.3. The Kier molecular flexibility index (Phi) is 8.01. The number of fused-ring (bicyclic) bond motifs is 13. The molecule has 0 saturated carbocycles. The molecule has 3 aromatic heterocycles. The molecule has 0 fully saturated rings. The summed E-state index contributed by atoms with van der Waals surface area (Å²) in [5.41, 5.74) is 12.0. The summed E-state index contributed by atoms with van der Waals surface area (Å²) < 4.78 is 12.5. The minimum Gasteiger partial charge on any atom is -0.455 e. The first kappa shape index (κ1) is 37.4. The van der Waals surface area contributed by atoms with Crippen LogP contribution in [0.3, 0.4) is 0 Å². The fraction of sp³-hybridized carbons (Fsp3) is 0.0312. The lowest BCUT2D eigenvalue weighted by Crippen LogP contribution is -2.40. The third-order valence-electron chi connectivity index (χ3n) is 14.7. The van der Waals surface area contributed by atoms with E-state index in [2.05, 4.69) is 218 Å². The molecule has 3 heterocycles. The molecule has 0 aliphatic heterocycles. The van der Waals surface area contributed by atoms with Gasteiger partial charge in [-0.15, -0.1) is 22.7 Å². The Labute approximate surface area is 393 Å². The number of hydrogen-bond donors (Lipinski definition) is 0. The van der Waals surface area contributed by atoms with Gasteiger partial charge in [0, 0.05) is 68.5 Å². The summed E-state index contributed by atoms with van der Waals surface area (Å²) in [6, 6.07) is 72.1. The average molecular weight is 887 g/mol. The highest BCUT2D eigenvalue weighted by Gasteiger charge is 2.34. The van der Waals surface area contributed by atoms with E-state index >= 15 is 0 Å². The topological polar surface area (TPSA) is 13.1 Å². The molecular formula is C64H38OS2. The van der Waals surface area contributed by atoms with Crippen LogP contribution in [0.25, 0.3) is 117 Å². The number of thiophene rings is 2. The highest BCUT2D eigenvalue weighted by atomic mass is 32.1. The lowest BCUT2D eigenvalue weighted by atomic mass is 9.69. The van der Waals surface area contributed by atoms with Crippen LogP contribution in [-0.2, 0) is 0 Å². The van der Waals surface area contributed by atoms with Crippen molar-refractivity contribution < 1.29 is 4.42 Å². The molecule has 10 aromatic carbocycles. The molecule has 0 bridgehead atoms. The lowest BCUT2D eigenvalue weighted by Gasteiger charge is -2.33. The largest absolute Gasteiger partial charge is 0.455 e. The molecule has 2 unspecified atom stereocenters. The summed E-state index contributed by atoms with van der Waals surface area (Å²) in [5.74, 6) is 0.277. The molecule has 0 saturated heterocycles. The summed E-state index contributed by atoms with van der Waals surface area (Å²) in [6.07, 6.45) is 9.33. The van der Waals surface area contributed by atoms with E-state index in [1.165, 1.54) is 106 Å². The summed E-state index contributed by atoms with van der Waals surface area (Å²) in [6.45, 7) is 0. The van der Waals surface area contributed by atoms with E-state index in [0.29, 0.717) is 0 Å². The number of rotatable bonds is 4. The lowest BCUT2D eigenvalue weighted by molar-refractivity contribution is 0.659. The third kappa shape index (κ3) is 5.35. The van der Waals surface area contributed by atoms with Gasteiger partial charge in [-0.1, -0.05) is 182 Å². The molecule has 2 aliphatic carbocycles. The van der Waals surface area contributed by atoms with Gasteiger partial charge in [-0.2, -0.15) is 0 Å². The van der Waals surface area contributed by atoms with Gasteiger partial charge in [0.1, 0.15) is 11.2 Å². The minimum atomic E-state index is 0.124. The Morgan fingerprint density at radius 1 is 0.343 bits per heavy atom. The van der Waals surface area contributed by atoms with Crippen molar-refractivity contribution in [2.45, 2.75) is 0 Å². The van der Waals surface area contributed by atoms with Crippen LogP contribution in [0.2, 0.25) is 0 Å². The summed E-state index contributed by atoms with van der Waals surface area (Å²) in [4.78, 5) is 0. The minimum absolute atomic E-state index is 0.124. The number of furan rings is 1. The second-order valence-corrected chi connectivity index (χ2v) is 20.3. The van der Waals surface area contributed by atoms with Crippen LogP contribution in [0.1, 0.15) is 11.1 Å². The van der Waals surface area contributed by atoms with Gasteiger partial charge >= 0.3 is 0 Å². The highest BCUT2D eigenvalue weighted by molar-refractivity contribution is 7.26. The van der Waals surface area contributed by atoms with E-state index in [9.17, 15) is 0 Å². The van der Waals surface area contributed by atoms with Crippen LogP contribution in [-0.4, -0.2) is 0 Å². The van der Waals surface area contributed by atoms with E-state index in [1.54, 1.807) is 0 Å². The first-order valence-corrected chi connectivity index (χ1v) is 24.8. The van der Waals surface area contributed by atoms with Crippen molar-refractivity contribution in [1.29, 1.82) is 0 Å². The average Bonchev–Trinajstić information content (AvgIpc) is 4.09. The van der Waals surface area contributed by atoms with Gasteiger partial charge < -0.3 is 4.42 Å². The second-order valence-electron chi connectivity index (χ2n) is 18.1. The molecule has 15 rings (SSSR count). The predicted octanol–water partition coefficient (Wildman–Crippen LogP) is 16.7. The maximum Gasteiger partial charge on any atom is 0.142 e. The number of allylic oxidation sites excluding steroid dienone is 4. The van der Waals surface area contributed by atoms with E-state index in [1.807, 2.05) is 22.7 Å². The standard InChI is InChI=1S/C64H38OS2/c1-3-18-41-39(16-1)58(40-17-2-4-19-42(40)59(41)50-27-14-32-56-62(50)48-24-9-11-30-54(48)66-56)37-34-35-38-47-26-13-29-52(64(47)65-53(38)36-37)61-45-22-7-5-20-43(45)60(44-21-6-8-23-46(44)61)51-28-15-33-57-63(51)49-25-10-12-31-55(49)67-57/h1-36,43,45H. The molecule has 3 heteroatoms. The molecule has 1 nitrogen and oxygen atoms in total. The van der Waals surface area contributed by atoms with Crippen LogP contribution >= 0.6 is 22.7 Å². The van der Waals surface area contributed by atoms with Gasteiger partial charge in [0.05, 0.1) is 0 Å². The number of para-hydroxylation sites is 1. The normalized spacial score (nSPS) is 15.9. The zero-order valence-corrected chi connectivity index (χ0v) is 37.8. The van der Waals surface area contributed by atoms with Gasteiger partial charge in [0.25, 0.3) is 0 Å². The number of benzene rings is 10. The van der Waals surface area contributed by atoms with E-state index < -0.39 is 0 Å². The molecule has 0 amide bonds. The van der Waals surface area contributed by atoms with Crippen molar-refractivity contribution >= 4 is 118 Å². The first-order chi connectivity index (χ1) is 33.3. The quantitative estimate of drug-likeness (QED) is 0.161. The van der Waals surface area contributed by atoms with Crippen molar-refractivity contribution in [2.75, 3.05) is 0 Å². The van der Waals surface area contributed by atoms with Crippen molar-refractivity contribution in [2.24, 2.45) is 11.8 Å². The van der Waals surface area contributed by atoms with E-state index in [4.69, 9.17) is 4.42 Å². The maximum atomic E-state index is 7.23. The molecular weight excluding hydrogens is 849 g/mol. The molecule has 312 valence electrons.